The Morgan fingerprint density at radius 3 is 2.93 bits per heavy atom. The van der Waals surface area contributed by atoms with Gasteiger partial charge in [-0.05, 0) is 19.8 Å². The number of carbonyl (C=O) groups excluding carboxylic acids is 1. The summed E-state index contributed by atoms with van der Waals surface area (Å²) in [7, 11) is 0. The van der Waals surface area contributed by atoms with Crippen LogP contribution in [-0.4, -0.2) is 39.1 Å². The van der Waals surface area contributed by atoms with Crippen molar-refractivity contribution in [3.05, 3.63) is 11.8 Å². The number of amides is 1. The smallest absolute Gasteiger partial charge is 0.352 e. The van der Waals surface area contributed by atoms with Crippen molar-refractivity contribution in [2.45, 2.75) is 31.9 Å². The van der Waals surface area contributed by atoms with Gasteiger partial charge in [0.2, 0.25) is 5.91 Å². The Morgan fingerprint density at radius 2 is 2.40 bits per heavy atom. The number of β-lactam (4-membered cyclic amide) rings is 1. The molecule has 0 bridgehead atoms. The lowest BCUT2D eigenvalue weighted by Crippen LogP contribution is -2.59. The molecule has 0 aromatic carbocycles. The summed E-state index contributed by atoms with van der Waals surface area (Å²) in [4.78, 5) is 23.7. The predicted octanol–water partition coefficient (Wildman–Crippen LogP) is -0.0435. The second-order valence-electron chi connectivity index (χ2n) is 4.10. The highest BCUT2D eigenvalue weighted by Gasteiger charge is 2.52. The topological polar surface area (TPSA) is 77.8 Å². The molecule has 0 radical (unpaired) electrons. The molecule has 2 N–H and O–H groups in total. The second-order valence-corrected chi connectivity index (χ2v) is 4.10. The molecule has 0 aromatic heterocycles. The maximum absolute atomic E-state index is 11.6. The van der Waals surface area contributed by atoms with Crippen LogP contribution in [0.15, 0.2) is 11.8 Å². The first-order valence-corrected chi connectivity index (χ1v) is 4.97. The van der Waals surface area contributed by atoms with Crippen molar-refractivity contribution >= 4 is 11.9 Å². The van der Waals surface area contributed by atoms with E-state index in [0.29, 0.717) is 12.8 Å². The number of aliphatic hydroxyl groups is 1. The first-order chi connectivity index (χ1) is 7.02. The molecule has 1 fully saturated rings. The first kappa shape index (κ1) is 10.2. The van der Waals surface area contributed by atoms with Crippen LogP contribution in [0.25, 0.3) is 0 Å². The third kappa shape index (κ3) is 1.43. The molecule has 3 unspecified atom stereocenters. The van der Waals surface area contributed by atoms with Gasteiger partial charge in [-0.2, -0.15) is 0 Å². The van der Waals surface area contributed by atoms with Gasteiger partial charge in [0.05, 0.1) is 18.1 Å². The van der Waals surface area contributed by atoms with Gasteiger partial charge in [0.15, 0.2) is 0 Å². The maximum atomic E-state index is 11.6. The molecule has 2 rings (SSSR count). The van der Waals surface area contributed by atoms with E-state index in [0.717, 1.165) is 0 Å². The summed E-state index contributed by atoms with van der Waals surface area (Å²) in [6, 6.07) is -0.0433. The number of aliphatic carboxylic acids is 1. The van der Waals surface area contributed by atoms with Crippen LogP contribution in [-0.2, 0) is 9.59 Å². The number of hydrogen-bond donors (Lipinski definition) is 2. The fraction of sp³-hybridized carbons (Fsp3) is 0.600. The van der Waals surface area contributed by atoms with Crippen molar-refractivity contribution in [3.8, 4) is 0 Å². The van der Waals surface area contributed by atoms with Crippen molar-refractivity contribution in [1.29, 1.82) is 0 Å². The highest BCUT2D eigenvalue weighted by atomic mass is 16.4. The van der Waals surface area contributed by atoms with Gasteiger partial charge in [-0.25, -0.2) is 4.79 Å². The Hall–Kier alpha value is -1.36. The lowest BCUT2D eigenvalue weighted by Gasteiger charge is -2.43. The van der Waals surface area contributed by atoms with Gasteiger partial charge in [-0.1, -0.05) is 6.08 Å². The monoisotopic (exact) mass is 211 g/mol. The van der Waals surface area contributed by atoms with E-state index in [1.807, 2.05) is 0 Å². The minimum absolute atomic E-state index is 0.0433. The molecular weight excluding hydrogens is 198 g/mol. The molecule has 5 nitrogen and oxygen atoms in total. The molecule has 2 aliphatic heterocycles. The predicted molar refractivity (Wildman–Crippen MR) is 50.8 cm³/mol. The number of rotatable bonds is 3. The molecule has 2 aliphatic rings. The van der Waals surface area contributed by atoms with Crippen molar-refractivity contribution < 1.29 is 19.8 Å². The van der Waals surface area contributed by atoms with Crippen LogP contribution >= 0.6 is 0 Å². The Morgan fingerprint density at radius 1 is 1.73 bits per heavy atom. The van der Waals surface area contributed by atoms with Gasteiger partial charge < -0.3 is 15.1 Å². The average Bonchev–Trinajstić information content (AvgIpc) is 2.54. The third-order valence-corrected chi connectivity index (χ3v) is 2.98. The number of carboxylic acids is 1. The minimum atomic E-state index is -1.05. The molecule has 3 atom stereocenters. The lowest BCUT2D eigenvalue weighted by atomic mass is 9.83. The first-order valence-electron chi connectivity index (χ1n) is 4.97. The number of carboxylic acid groups (broad SMARTS) is 1. The fourth-order valence-electron chi connectivity index (χ4n) is 2.32. The quantitative estimate of drug-likeness (QED) is 0.642. The molecule has 0 aliphatic carbocycles. The SMILES string of the molecule is CC(O)CC1C(=O)N2C(C(=O)O)=CCC12. The molecule has 5 heteroatoms. The summed E-state index contributed by atoms with van der Waals surface area (Å²) in [5.74, 6) is -1.44. The van der Waals surface area contributed by atoms with Gasteiger partial charge in [0.1, 0.15) is 5.70 Å². The van der Waals surface area contributed by atoms with Crippen LogP contribution in [0.3, 0.4) is 0 Å². The number of carbonyl (C=O) groups is 2. The normalized spacial score (nSPS) is 30.7. The van der Waals surface area contributed by atoms with Crippen LogP contribution in [0, 0.1) is 5.92 Å². The van der Waals surface area contributed by atoms with E-state index < -0.39 is 12.1 Å². The van der Waals surface area contributed by atoms with E-state index in [1.54, 1.807) is 13.0 Å². The van der Waals surface area contributed by atoms with Crippen LogP contribution in [0.5, 0.6) is 0 Å². The summed E-state index contributed by atoms with van der Waals surface area (Å²) in [6.45, 7) is 1.64. The molecule has 0 aromatic rings. The third-order valence-electron chi connectivity index (χ3n) is 2.98. The van der Waals surface area contributed by atoms with Crippen LogP contribution in [0.2, 0.25) is 0 Å². The van der Waals surface area contributed by atoms with E-state index in [1.165, 1.54) is 4.90 Å². The summed E-state index contributed by atoms with van der Waals surface area (Å²) < 4.78 is 0. The zero-order valence-corrected chi connectivity index (χ0v) is 8.38. The Labute approximate surface area is 87.0 Å². The van der Waals surface area contributed by atoms with E-state index in [4.69, 9.17) is 5.11 Å². The van der Waals surface area contributed by atoms with Crippen molar-refractivity contribution in [3.63, 3.8) is 0 Å². The van der Waals surface area contributed by atoms with E-state index in [2.05, 4.69) is 0 Å². The Balaban J connectivity index is 2.07. The molecule has 2 heterocycles. The molecule has 0 saturated carbocycles. The standard InChI is InChI=1S/C10H13NO4/c1-5(12)4-6-7-2-3-8(10(14)15)11(7)9(6)13/h3,5-7,12H,2,4H2,1H3,(H,14,15). The maximum Gasteiger partial charge on any atom is 0.352 e. The van der Waals surface area contributed by atoms with Gasteiger partial charge in [0.25, 0.3) is 0 Å². The van der Waals surface area contributed by atoms with E-state index in [9.17, 15) is 14.7 Å². The van der Waals surface area contributed by atoms with Gasteiger partial charge in [0, 0.05) is 0 Å². The van der Waals surface area contributed by atoms with Crippen LogP contribution in [0.4, 0.5) is 0 Å². The summed E-state index contributed by atoms with van der Waals surface area (Å²) in [5.41, 5.74) is 0.0897. The lowest BCUT2D eigenvalue weighted by molar-refractivity contribution is -0.156. The zero-order valence-electron chi connectivity index (χ0n) is 8.38. The van der Waals surface area contributed by atoms with E-state index >= 15 is 0 Å². The second kappa shape index (κ2) is 3.34. The summed E-state index contributed by atoms with van der Waals surface area (Å²) in [5, 5.41) is 18.0. The summed E-state index contributed by atoms with van der Waals surface area (Å²) >= 11 is 0. The number of nitrogens with zero attached hydrogens (tertiary/aromatic N) is 1. The fourth-order valence-corrected chi connectivity index (χ4v) is 2.32. The minimum Gasteiger partial charge on any atom is -0.477 e. The van der Waals surface area contributed by atoms with Gasteiger partial charge >= 0.3 is 5.97 Å². The van der Waals surface area contributed by atoms with Crippen molar-refractivity contribution in [2.75, 3.05) is 0 Å². The zero-order chi connectivity index (χ0) is 11.2. The highest BCUT2D eigenvalue weighted by Crippen LogP contribution is 2.40. The molecule has 1 saturated heterocycles. The van der Waals surface area contributed by atoms with E-state index in [-0.39, 0.29) is 23.6 Å². The number of hydrogen-bond acceptors (Lipinski definition) is 3. The molecule has 0 spiro atoms. The van der Waals surface area contributed by atoms with Crippen molar-refractivity contribution in [1.82, 2.24) is 4.90 Å². The Bertz CT molecular complexity index is 347. The largest absolute Gasteiger partial charge is 0.477 e. The number of fused-ring (bicyclic) bond motifs is 1. The van der Waals surface area contributed by atoms with Crippen LogP contribution < -0.4 is 0 Å². The van der Waals surface area contributed by atoms with Crippen LogP contribution in [0.1, 0.15) is 19.8 Å². The van der Waals surface area contributed by atoms with Crippen molar-refractivity contribution in [2.24, 2.45) is 5.92 Å². The van der Waals surface area contributed by atoms with Gasteiger partial charge in [-0.3, -0.25) is 4.79 Å². The highest BCUT2D eigenvalue weighted by molar-refractivity contribution is 5.98. The molecular formula is C10H13NO4. The Kier molecular flexibility index (Phi) is 2.26. The number of aliphatic hydroxyl groups excluding tert-OH is 1. The molecule has 82 valence electrons. The molecule has 1 amide bonds. The molecule has 15 heavy (non-hydrogen) atoms. The summed E-state index contributed by atoms with van der Waals surface area (Å²) in [6.07, 6.45) is 2.06. The van der Waals surface area contributed by atoms with Gasteiger partial charge in [-0.15, -0.1) is 0 Å². The average molecular weight is 211 g/mol.